The number of nitrogens with zero attached hydrogens (tertiary/aromatic N) is 1. The van der Waals surface area contributed by atoms with Crippen LogP contribution in [0.25, 0.3) is 0 Å². The Morgan fingerprint density at radius 1 is 0.969 bits per heavy atom. The molecule has 1 saturated heterocycles. The molecule has 174 valence electrons. The van der Waals surface area contributed by atoms with Crippen molar-refractivity contribution in [2.24, 2.45) is 0 Å². The SMILES string of the molecule is Cc1ccc(C(C)C)c(OC(C)C(=O)Nc2ccc(S(=O)(=O)N3CCCCCC3)cc2)c1. The highest BCUT2D eigenvalue weighted by molar-refractivity contribution is 7.89. The molecule has 0 radical (unpaired) electrons. The Bertz CT molecular complexity index is 1020. The van der Waals surface area contributed by atoms with Crippen molar-refractivity contribution < 1.29 is 17.9 Å². The average molecular weight is 459 g/mol. The number of amides is 1. The number of carbonyl (C=O) groups is 1. The molecule has 1 fully saturated rings. The Hall–Kier alpha value is -2.38. The fourth-order valence-corrected chi connectivity index (χ4v) is 5.37. The van der Waals surface area contributed by atoms with Crippen molar-refractivity contribution in [1.29, 1.82) is 0 Å². The van der Waals surface area contributed by atoms with Crippen LogP contribution in [-0.2, 0) is 14.8 Å². The number of ether oxygens (including phenoxy) is 1. The molecule has 7 heteroatoms. The quantitative estimate of drug-likeness (QED) is 0.627. The highest BCUT2D eigenvalue weighted by Crippen LogP contribution is 2.28. The second-order valence-electron chi connectivity index (χ2n) is 8.79. The molecule has 0 spiro atoms. The third-order valence-corrected chi connectivity index (χ3v) is 7.70. The molecule has 0 aromatic heterocycles. The Morgan fingerprint density at radius 3 is 2.19 bits per heavy atom. The van der Waals surface area contributed by atoms with E-state index in [0.29, 0.717) is 24.5 Å². The van der Waals surface area contributed by atoms with Crippen molar-refractivity contribution in [2.45, 2.75) is 70.3 Å². The van der Waals surface area contributed by atoms with Crippen LogP contribution in [-0.4, -0.2) is 37.8 Å². The summed E-state index contributed by atoms with van der Waals surface area (Å²) in [5.41, 5.74) is 2.66. The Labute approximate surface area is 192 Å². The minimum absolute atomic E-state index is 0.253. The third kappa shape index (κ3) is 5.90. The van der Waals surface area contributed by atoms with Crippen LogP contribution in [0.1, 0.15) is 63.5 Å². The maximum Gasteiger partial charge on any atom is 0.265 e. The van der Waals surface area contributed by atoms with Gasteiger partial charge in [0, 0.05) is 18.8 Å². The molecule has 0 saturated carbocycles. The zero-order chi connectivity index (χ0) is 23.3. The van der Waals surface area contributed by atoms with E-state index in [-0.39, 0.29) is 16.7 Å². The normalized spacial score (nSPS) is 16.4. The summed E-state index contributed by atoms with van der Waals surface area (Å²) >= 11 is 0. The molecule has 1 aliphatic rings. The largest absolute Gasteiger partial charge is 0.481 e. The Balaban J connectivity index is 1.66. The highest BCUT2D eigenvalue weighted by Gasteiger charge is 2.25. The summed E-state index contributed by atoms with van der Waals surface area (Å²) in [4.78, 5) is 12.9. The maximum atomic E-state index is 12.9. The van der Waals surface area contributed by atoms with Crippen LogP contribution in [0.4, 0.5) is 5.69 Å². The minimum Gasteiger partial charge on any atom is -0.481 e. The number of nitrogens with one attached hydrogen (secondary N) is 1. The van der Waals surface area contributed by atoms with Gasteiger partial charge in [-0.25, -0.2) is 8.42 Å². The summed E-state index contributed by atoms with van der Waals surface area (Å²) in [6.45, 7) is 9.00. The molecule has 0 aliphatic carbocycles. The minimum atomic E-state index is -3.51. The Morgan fingerprint density at radius 2 is 1.59 bits per heavy atom. The highest BCUT2D eigenvalue weighted by atomic mass is 32.2. The van der Waals surface area contributed by atoms with Gasteiger partial charge in [-0.2, -0.15) is 4.31 Å². The number of hydrogen-bond acceptors (Lipinski definition) is 4. The van der Waals surface area contributed by atoms with Crippen molar-refractivity contribution in [3.63, 3.8) is 0 Å². The van der Waals surface area contributed by atoms with Gasteiger partial charge in [-0.15, -0.1) is 0 Å². The number of benzene rings is 2. The zero-order valence-corrected chi connectivity index (χ0v) is 20.2. The number of carbonyl (C=O) groups excluding carboxylic acids is 1. The lowest BCUT2D eigenvalue weighted by Crippen LogP contribution is -2.32. The van der Waals surface area contributed by atoms with Crippen LogP contribution >= 0.6 is 0 Å². The molecule has 1 amide bonds. The van der Waals surface area contributed by atoms with Crippen molar-refractivity contribution in [3.05, 3.63) is 53.6 Å². The first kappa shape index (κ1) is 24.3. The lowest BCUT2D eigenvalue weighted by atomic mass is 10.0. The van der Waals surface area contributed by atoms with Gasteiger partial charge in [-0.05, 0) is 74.1 Å². The first-order valence-corrected chi connectivity index (χ1v) is 12.8. The van der Waals surface area contributed by atoms with Crippen LogP contribution in [0.15, 0.2) is 47.4 Å². The first-order valence-electron chi connectivity index (χ1n) is 11.4. The van der Waals surface area contributed by atoms with E-state index in [0.717, 1.165) is 36.8 Å². The molecule has 3 rings (SSSR count). The van der Waals surface area contributed by atoms with Crippen LogP contribution in [0.3, 0.4) is 0 Å². The van der Waals surface area contributed by atoms with E-state index < -0.39 is 16.1 Å². The van der Waals surface area contributed by atoms with Crippen molar-refractivity contribution in [3.8, 4) is 5.75 Å². The lowest BCUT2D eigenvalue weighted by molar-refractivity contribution is -0.122. The molecule has 2 aromatic rings. The van der Waals surface area contributed by atoms with Crippen LogP contribution in [0, 0.1) is 6.92 Å². The van der Waals surface area contributed by atoms with Gasteiger partial charge >= 0.3 is 0 Å². The molecule has 1 unspecified atom stereocenters. The molecule has 1 N–H and O–H groups in total. The van der Waals surface area contributed by atoms with Crippen LogP contribution in [0.2, 0.25) is 0 Å². The molecule has 32 heavy (non-hydrogen) atoms. The number of rotatable bonds is 7. The van der Waals surface area contributed by atoms with Gasteiger partial charge in [0.25, 0.3) is 5.91 Å². The maximum absolute atomic E-state index is 12.9. The van der Waals surface area contributed by atoms with E-state index >= 15 is 0 Å². The molecule has 1 aliphatic heterocycles. The van der Waals surface area contributed by atoms with Gasteiger partial charge in [0.15, 0.2) is 6.10 Å². The summed E-state index contributed by atoms with van der Waals surface area (Å²) in [5.74, 6) is 0.699. The van der Waals surface area contributed by atoms with Crippen LogP contribution < -0.4 is 10.1 Å². The van der Waals surface area contributed by atoms with E-state index in [1.807, 2.05) is 25.1 Å². The third-order valence-electron chi connectivity index (χ3n) is 5.79. The van der Waals surface area contributed by atoms with Gasteiger partial charge in [0.1, 0.15) is 5.75 Å². The molecule has 6 nitrogen and oxygen atoms in total. The Kier molecular flexibility index (Phi) is 7.96. The summed E-state index contributed by atoms with van der Waals surface area (Å²) in [6, 6.07) is 12.4. The van der Waals surface area contributed by atoms with Gasteiger partial charge in [0.05, 0.1) is 4.90 Å². The van der Waals surface area contributed by atoms with Crippen LogP contribution in [0.5, 0.6) is 5.75 Å². The lowest BCUT2D eigenvalue weighted by Gasteiger charge is -2.20. The first-order chi connectivity index (χ1) is 15.2. The number of hydrogen-bond donors (Lipinski definition) is 1. The van der Waals surface area contributed by atoms with E-state index in [1.54, 1.807) is 35.5 Å². The molecule has 1 heterocycles. The van der Waals surface area contributed by atoms with Gasteiger partial charge in [0.2, 0.25) is 10.0 Å². The summed E-state index contributed by atoms with van der Waals surface area (Å²) < 4.78 is 33.4. The predicted molar refractivity (Wildman–Crippen MR) is 128 cm³/mol. The number of aryl methyl sites for hydroxylation is 1. The zero-order valence-electron chi connectivity index (χ0n) is 19.4. The average Bonchev–Trinajstić information content (AvgIpc) is 3.04. The second-order valence-corrected chi connectivity index (χ2v) is 10.7. The van der Waals surface area contributed by atoms with E-state index in [2.05, 4.69) is 19.2 Å². The molecular weight excluding hydrogens is 424 g/mol. The number of anilines is 1. The van der Waals surface area contributed by atoms with Gasteiger partial charge in [-0.1, -0.05) is 38.8 Å². The molecular formula is C25H34N2O4S. The molecule has 2 aromatic carbocycles. The van der Waals surface area contributed by atoms with Gasteiger partial charge < -0.3 is 10.1 Å². The van der Waals surface area contributed by atoms with Crippen molar-refractivity contribution in [1.82, 2.24) is 4.31 Å². The second kappa shape index (κ2) is 10.5. The molecule has 0 bridgehead atoms. The van der Waals surface area contributed by atoms with E-state index in [1.165, 1.54) is 0 Å². The fourth-order valence-electron chi connectivity index (χ4n) is 3.85. The monoisotopic (exact) mass is 458 g/mol. The van der Waals surface area contributed by atoms with Crippen molar-refractivity contribution >= 4 is 21.6 Å². The number of sulfonamides is 1. The smallest absolute Gasteiger partial charge is 0.265 e. The summed E-state index contributed by atoms with van der Waals surface area (Å²) in [5, 5.41) is 2.82. The predicted octanol–water partition coefficient (Wildman–Crippen LogP) is 5.09. The van der Waals surface area contributed by atoms with E-state index in [9.17, 15) is 13.2 Å². The van der Waals surface area contributed by atoms with Gasteiger partial charge in [-0.3, -0.25) is 4.79 Å². The topological polar surface area (TPSA) is 75.7 Å². The fraction of sp³-hybridized carbons (Fsp3) is 0.480. The summed E-state index contributed by atoms with van der Waals surface area (Å²) in [7, 11) is -3.51. The standard InChI is InChI=1S/C25H34N2O4S/c1-18(2)23-14-9-19(3)17-24(23)31-20(4)25(28)26-21-10-12-22(13-11-21)32(29,30)27-15-7-5-6-8-16-27/h9-14,17-18,20H,5-8,15-16H2,1-4H3,(H,26,28). The van der Waals surface area contributed by atoms with Crippen molar-refractivity contribution in [2.75, 3.05) is 18.4 Å². The van der Waals surface area contributed by atoms with E-state index in [4.69, 9.17) is 4.74 Å². The molecule has 1 atom stereocenters. The summed E-state index contributed by atoms with van der Waals surface area (Å²) in [6.07, 6.45) is 3.22.